The fourth-order valence-corrected chi connectivity index (χ4v) is 3.05. The number of aromatic amines is 1. The summed E-state index contributed by atoms with van der Waals surface area (Å²) >= 11 is 0. The average Bonchev–Trinajstić information content (AvgIpc) is 2.87. The molecule has 0 unspecified atom stereocenters. The molecular formula is C11H15N3O2. The molecule has 0 saturated heterocycles. The van der Waals surface area contributed by atoms with Gasteiger partial charge in [0.05, 0.1) is 17.6 Å². The van der Waals surface area contributed by atoms with E-state index in [0.717, 1.165) is 37.1 Å². The summed E-state index contributed by atoms with van der Waals surface area (Å²) in [6, 6.07) is -0.481. The quantitative estimate of drug-likeness (QED) is 0.654. The zero-order chi connectivity index (χ0) is 11.2. The van der Waals surface area contributed by atoms with Crippen molar-refractivity contribution in [3.63, 3.8) is 0 Å². The van der Waals surface area contributed by atoms with Crippen LogP contribution in [0.15, 0.2) is 6.33 Å². The second-order valence-electron chi connectivity index (χ2n) is 4.76. The van der Waals surface area contributed by atoms with Gasteiger partial charge >= 0.3 is 5.97 Å². The number of imidazole rings is 1. The number of carboxylic acids is 1. The molecule has 0 aromatic carbocycles. The van der Waals surface area contributed by atoms with Crippen LogP contribution in [-0.4, -0.2) is 27.1 Å². The normalized spacial score (nSPS) is 26.9. The number of rotatable bonds is 1. The number of carbonyl (C=O) groups is 1. The molecule has 1 aliphatic heterocycles. The van der Waals surface area contributed by atoms with E-state index in [1.54, 1.807) is 6.33 Å². The van der Waals surface area contributed by atoms with Crippen molar-refractivity contribution in [2.24, 2.45) is 0 Å². The molecular weight excluding hydrogens is 206 g/mol. The van der Waals surface area contributed by atoms with Crippen molar-refractivity contribution in [2.45, 2.75) is 43.7 Å². The van der Waals surface area contributed by atoms with Gasteiger partial charge in [0.15, 0.2) is 0 Å². The molecule has 5 nitrogen and oxygen atoms in total. The lowest BCUT2D eigenvalue weighted by Gasteiger charge is -2.37. The van der Waals surface area contributed by atoms with E-state index in [1.807, 2.05) is 0 Å². The highest BCUT2D eigenvalue weighted by Gasteiger charge is 2.45. The number of nitrogens with one attached hydrogen (secondary N) is 2. The van der Waals surface area contributed by atoms with Gasteiger partial charge in [0.1, 0.15) is 6.04 Å². The van der Waals surface area contributed by atoms with Gasteiger partial charge in [-0.3, -0.25) is 10.1 Å². The Kier molecular flexibility index (Phi) is 2.04. The lowest BCUT2D eigenvalue weighted by molar-refractivity contribution is -0.140. The fraction of sp³-hybridized carbons (Fsp3) is 0.636. The Balaban J connectivity index is 2.03. The minimum absolute atomic E-state index is 0.184. The van der Waals surface area contributed by atoms with Crippen molar-refractivity contribution >= 4 is 5.97 Å². The van der Waals surface area contributed by atoms with Crippen molar-refractivity contribution in [3.05, 3.63) is 17.7 Å². The van der Waals surface area contributed by atoms with Crippen LogP contribution in [0.3, 0.4) is 0 Å². The Labute approximate surface area is 93.3 Å². The first-order valence-corrected chi connectivity index (χ1v) is 5.74. The molecule has 1 fully saturated rings. The number of aliphatic carboxylic acids is 1. The summed E-state index contributed by atoms with van der Waals surface area (Å²) in [5.41, 5.74) is 1.85. The minimum atomic E-state index is -0.772. The van der Waals surface area contributed by atoms with Crippen LogP contribution in [0, 0.1) is 0 Å². The van der Waals surface area contributed by atoms with Crippen LogP contribution in [-0.2, 0) is 16.8 Å². The molecule has 0 radical (unpaired) electrons. The molecule has 1 spiro atoms. The highest BCUT2D eigenvalue weighted by atomic mass is 16.4. The summed E-state index contributed by atoms with van der Waals surface area (Å²) in [6.45, 7) is 0. The van der Waals surface area contributed by atoms with Crippen LogP contribution in [0.2, 0.25) is 0 Å². The fourth-order valence-electron chi connectivity index (χ4n) is 3.05. The van der Waals surface area contributed by atoms with E-state index in [4.69, 9.17) is 5.11 Å². The Hall–Kier alpha value is -1.36. The van der Waals surface area contributed by atoms with Gasteiger partial charge in [-0.05, 0) is 12.8 Å². The summed E-state index contributed by atoms with van der Waals surface area (Å²) in [7, 11) is 0. The van der Waals surface area contributed by atoms with Gasteiger partial charge in [0.25, 0.3) is 0 Å². The van der Waals surface area contributed by atoms with Gasteiger partial charge < -0.3 is 10.1 Å². The maximum absolute atomic E-state index is 11.1. The third kappa shape index (κ3) is 1.28. The third-order valence-corrected chi connectivity index (χ3v) is 3.79. The van der Waals surface area contributed by atoms with Crippen LogP contribution in [0.25, 0.3) is 0 Å². The molecule has 3 N–H and O–H groups in total. The third-order valence-electron chi connectivity index (χ3n) is 3.79. The van der Waals surface area contributed by atoms with E-state index in [-0.39, 0.29) is 5.54 Å². The molecule has 86 valence electrons. The smallest absolute Gasteiger partial charge is 0.321 e. The van der Waals surface area contributed by atoms with E-state index in [1.165, 1.54) is 0 Å². The summed E-state index contributed by atoms with van der Waals surface area (Å²) in [6.07, 6.45) is 6.46. The lowest BCUT2D eigenvalue weighted by Crippen LogP contribution is -2.54. The van der Waals surface area contributed by atoms with Crippen molar-refractivity contribution in [3.8, 4) is 0 Å². The molecule has 3 rings (SSSR count). The number of aromatic nitrogens is 2. The summed E-state index contributed by atoms with van der Waals surface area (Å²) in [5.74, 6) is -0.772. The van der Waals surface area contributed by atoms with Gasteiger partial charge in [-0.1, -0.05) is 12.8 Å². The molecule has 5 heteroatoms. The standard InChI is InChI=1S/C11H15N3O2/c15-10(16)8-5-7-9(13-6-12-7)11(14-8)3-1-2-4-11/h6,8,14H,1-5H2,(H,12,13)(H,15,16)/t8-/m0/s1. The predicted molar refractivity (Wildman–Crippen MR) is 57.0 cm³/mol. The first kappa shape index (κ1) is 9.84. The predicted octanol–water partition coefficient (Wildman–Crippen LogP) is 0.778. The monoisotopic (exact) mass is 221 g/mol. The Morgan fingerprint density at radius 3 is 2.94 bits per heavy atom. The topological polar surface area (TPSA) is 78.0 Å². The van der Waals surface area contributed by atoms with Crippen molar-refractivity contribution in [1.82, 2.24) is 15.3 Å². The zero-order valence-corrected chi connectivity index (χ0v) is 8.99. The van der Waals surface area contributed by atoms with E-state index in [2.05, 4.69) is 15.3 Å². The van der Waals surface area contributed by atoms with E-state index in [9.17, 15) is 4.79 Å². The van der Waals surface area contributed by atoms with Gasteiger partial charge in [0, 0.05) is 12.1 Å². The number of carboxylic acid groups (broad SMARTS) is 1. The second-order valence-corrected chi connectivity index (χ2v) is 4.76. The van der Waals surface area contributed by atoms with Gasteiger partial charge in [-0.15, -0.1) is 0 Å². The zero-order valence-electron chi connectivity index (χ0n) is 8.99. The summed E-state index contributed by atoms with van der Waals surface area (Å²) in [4.78, 5) is 18.6. The molecule has 1 aliphatic carbocycles. The molecule has 1 aromatic heterocycles. The average molecular weight is 221 g/mol. The van der Waals surface area contributed by atoms with Crippen molar-refractivity contribution < 1.29 is 9.90 Å². The first-order valence-electron chi connectivity index (χ1n) is 5.74. The van der Waals surface area contributed by atoms with Crippen LogP contribution in [0.4, 0.5) is 0 Å². The van der Waals surface area contributed by atoms with Crippen molar-refractivity contribution in [1.29, 1.82) is 0 Å². The molecule has 2 aliphatic rings. The molecule has 0 amide bonds. The SMILES string of the molecule is O=C(O)[C@@H]1Cc2[nH]cnc2C2(CCCC2)N1. The molecule has 16 heavy (non-hydrogen) atoms. The number of hydrogen-bond donors (Lipinski definition) is 3. The highest BCUT2D eigenvalue weighted by Crippen LogP contribution is 2.41. The number of nitrogens with zero attached hydrogens (tertiary/aromatic N) is 1. The van der Waals surface area contributed by atoms with E-state index < -0.39 is 12.0 Å². The highest BCUT2D eigenvalue weighted by molar-refractivity contribution is 5.74. The largest absolute Gasteiger partial charge is 0.480 e. The minimum Gasteiger partial charge on any atom is -0.480 e. The summed E-state index contributed by atoms with van der Waals surface area (Å²) in [5, 5.41) is 12.4. The van der Waals surface area contributed by atoms with Crippen LogP contribution in [0.5, 0.6) is 0 Å². The van der Waals surface area contributed by atoms with Gasteiger partial charge in [-0.2, -0.15) is 0 Å². The molecule has 1 aromatic rings. The van der Waals surface area contributed by atoms with Crippen molar-refractivity contribution in [2.75, 3.05) is 0 Å². The van der Waals surface area contributed by atoms with Crippen LogP contribution < -0.4 is 5.32 Å². The van der Waals surface area contributed by atoms with Gasteiger partial charge in [-0.25, -0.2) is 4.98 Å². The Morgan fingerprint density at radius 1 is 1.50 bits per heavy atom. The number of fused-ring (bicyclic) bond motifs is 2. The van der Waals surface area contributed by atoms with E-state index >= 15 is 0 Å². The summed E-state index contributed by atoms with van der Waals surface area (Å²) < 4.78 is 0. The molecule has 1 saturated carbocycles. The second kappa shape index (κ2) is 3.31. The number of H-pyrrole nitrogens is 1. The van der Waals surface area contributed by atoms with Gasteiger partial charge in [0.2, 0.25) is 0 Å². The van der Waals surface area contributed by atoms with Crippen LogP contribution in [0.1, 0.15) is 37.1 Å². The first-order chi connectivity index (χ1) is 7.71. The Morgan fingerprint density at radius 2 is 2.25 bits per heavy atom. The molecule has 2 heterocycles. The maximum atomic E-state index is 11.1. The Bertz CT molecular complexity index is 421. The lowest BCUT2D eigenvalue weighted by atomic mass is 9.85. The number of hydrogen-bond acceptors (Lipinski definition) is 3. The maximum Gasteiger partial charge on any atom is 0.321 e. The van der Waals surface area contributed by atoms with Crippen LogP contribution >= 0.6 is 0 Å². The molecule has 1 atom stereocenters. The molecule has 0 bridgehead atoms. The van der Waals surface area contributed by atoms with E-state index in [0.29, 0.717) is 6.42 Å².